The van der Waals surface area contributed by atoms with Gasteiger partial charge in [-0.15, -0.1) is 0 Å². The summed E-state index contributed by atoms with van der Waals surface area (Å²) in [6.07, 6.45) is 0.953. The molecule has 0 amide bonds. The number of hydrogen-bond acceptors (Lipinski definition) is 4. The van der Waals surface area contributed by atoms with Crippen LogP contribution in [0.25, 0.3) is 0 Å². The average Bonchev–Trinajstić information content (AvgIpc) is 2.14. The summed E-state index contributed by atoms with van der Waals surface area (Å²) in [7, 11) is 0. The van der Waals surface area contributed by atoms with Gasteiger partial charge in [0, 0.05) is 19.6 Å². The molecular formula is C9H18N2O2. The predicted molar refractivity (Wildman–Crippen MR) is 50.2 cm³/mol. The molecule has 0 aromatic carbocycles. The second-order valence-electron chi connectivity index (χ2n) is 2.78. The van der Waals surface area contributed by atoms with Crippen LogP contribution in [0.15, 0.2) is 0 Å². The van der Waals surface area contributed by atoms with Gasteiger partial charge in [0.25, 0.3) is 0 Å². The molecule has 0 heterocycles. The van der Waals surface area contributed by atoms with Gasteiger partial charge in [0.2, 0.25) is 0 Å². The number of rotatable bonds is 8. The standard InChI is InChI=1S/C9H18N2O2/c1-2-13-8-9(12)7-11-6-4-3-5-10/h9,11-12H,2-4,6-8H2,1H3. The van der Waals surface area contributed by atoms with E-state index >= 15 is 0 Å². The third kappa shape index (κ3) is 9.28. The first-order valence-corrected chi connectivity index (χ1v) is 4.64. The van der Waals surface area contributed by atoms with Crippen molar-refractivity contribution in [1.29, 1.82) is 5.26 Å². The van der Waals surface area contributed by atoms with Crippen LogP contribution in [0.5, 0.6) is 0 Å². The SMILES string of the molecule is CCOCC(O)CNCCCC#N. The van der Waals surface area contributed by atoms with Gasteiger partial charge in [-0.3, -0.25) is 0 Å². The molecule has 0 aliphatic rings. The van der Waals surface area contributed by atoms with Crippen molar-refractivity contribution in [2.45, 2.75) is 25.9 Å². The molecule has 0 radical (unpaired) electrons. The van der Waals surface area contributed by atoms with E-state index in [9.17, 15) is 5.11 Å². The molecule has 4 heteroatoms. The molecule has 0 aromatic heterocycles. The Bertz CT molecular complexity index is 145. The van der Waals surface area contributed by atoms with Gasteiger partial charge in [-0.05, 0) is 19.9 Å². The van der Waals surface area contributed by atoms with Crippen LogP contribution in [0.3, 0.4) is 0 Å². The third-order valence-corrected chi connectivity index (χ3v) is 1.54. The maximum Gasteiger partial charge on any atom is 0.0897 e. The molecule has 0 aliphatic heterocycles. The Balaban J connectivity index is 3.08. The van der Waals surface area contributed by atoms with Gasteiger partial charge < -0.3 is 15.2 Å². The average molecular weight is 186 g/mol. The summed E-state index contributed by atoms with van der Waals surface area (Å²) in [5.74, 6) is 0. The minimum absolute atomic E-state index is 0.377. The van der Waals surface area contributed by atoms with Gasteiger partial charge in [-0.2, -0.15) is 5.26 Å². The van der Waals surface area contributed by atoms with Crippen LogP contribution in [0.2, 0.25) is 0 Å². The normalized spacial score (nSPS) is 12.4. The van der Waals surface area contributed by atoms with Crippen LogP contribution in [0, 0.1) is 11.3 Å². The molecule has 0 saturated carbocycles. The van der Waals surface area contributed by atoms with Gasteiger partial charge in [0.1, 0.15) is 0 Å². The molecule has 1 unspecified atom stereocenters. The van der Waals surface area contributed by atoms with Crippen LogP contribution in [-0.2, 0) is 4.74 Å². The highest BCUT2D eigenvalue weighted by molar-refractivity contribution is 4.69. The molecule has 0 spiro atoms. The van der Waals surface area contributed by atoms with Gasteiger partial charge in [-0.25, -0.2) is 0 Å². The Morgan fingerprint density at radius 2 is 2.38 bits per heavy atom. The van der Waals surface area contributed by atoms with Crippen molar-refractivity contribution in [2.24, 2.45) is 0 Å². The monoisotopic (exact) mass is 186 g/mol. The van der Waals surface area contributed by atoms with E-state index in [1.807, 2.05) is 6.92 Å². The number of unbranched alkanes of at least 4 members (excludes halogenated alkanes) is 1. The molecule has 13 heavy (non-hydrogen) atoms. The van der Waals surface area contributed by atoms with Crippen molar-refractivity contribution in [3.63, 3.8) is 0 Å². The number of nitrogens with zero attached hydrogens (tertiary/aromatic N) is 1. The number of nitriles is 1. The third-order valence-electron chi connectivity index (χ3n) is 1.54. The van der Waals surface area contributed by atoms with E-state index in [4.69, 9.17) is 10.00 Å². The first-order valence-electron chi connectivity index (χ1n) is 4.64. The van der Waals surface area contributed by atoms with E-state index in [1.165, 1.54) is 0 Å². The van der Waals surface area contributed by atoms with Crippen molar-refractivity contribution < 1.29 is 9.84 Å². The Labute approximate surface area is 79.5 Å². The fourth-order valence-corrected chi connectivity index (χ4v) is 0.874. The lowest BCUT2D eigenvalue weighted by atomic mass is 10.3. The van der Waals surface area contributed by atoms with E-state index in [-0.39, 0.29) is 0 Å². The smallest absolute Gasteiger partial charge is 0.0897 e. The van der Waals surface area contributed by atoms with Crippen molar-refractivity contribution in [1.82, 2.24) is 5.32 Å². The largest absolute Gasteiger partial charge is 0.389 e. The van der Waals surface area contributed by atoms with Crippen LogP contribution < -0.4 is 5.32 Å². The molecule has 0 rings (SSSR count). The van der Waals surface area contributed by atoms with Crippen molar-refractivity contribution in [3.8, 4) is 6.07 Å². The van der Waals surface area contributed by atoms with E-state index in [0.29, 0.717) is 26.2 Å². The predicted octanol–water partition coefficient (Wildman–Crippen LogP) is 0.277. The molecule has 1 atom stereocenters. The Morgan fingerprint density at radius 1 is 1.62 bits per heavy atom. The van der Waals surface area contributed by atoms with E-state index in [2.05, 4.69) is 11.4 Å². The highest BCUT2D eigenvalue weighted by Crippen LogP contribution is 1.86. The second kappa shape index (κ2) is 9.46. The van der Waals surface area contributed by atoms with Crippen LogP contribution in [-0.4, -0.2) is 37.5 Å². The maximum absolute atomic E-state index is 9.28. The van der Waals surface area contributed by atoms with Crippen LogP contribution in [0.1, 0.15) is 19.8 Å². The summed E-state index contributed by atoms with van der Waals surface area (Å²) in [5, 5.41) is 20.6. The quantitative estimate of drug-likeness (QED) is 0.534. The Morgan fingerprint density at radius 3 is 3.00 bits per heavy atom. The number of hydrogen-bond donors (Lipinski definition) is 2. The number of ether oxygens (including phenoxy) is 1. The minimum Gasteiger partial charge on any atom is -0.389 e. The van der Waals surface area contributed by atoms with Crippen LogP contribution in [0.4, 0.5) is 0 Å². The summed E-state index contributed by atoms with van der Waals surface area (Å²) < 4.78 is 5.03. The number of aliphatic hydroxyl groups is 1. The van der Waals surface area contributed by atoms with E-state index in [0.717, 1.165) is 13.0 Å². The molecule has 4 nitrogen and oxygen atoms in total. The summed E-state index contributed by atoms with van der Waals surface area (Å²) >= 11 is 0. The van der Waals surface area contributed by atoms with E-state index in [1.54, 1.807) is 0 Å². The van der Waals surface area contributed by atoms with E-state index < -0.39 is 6.10 Å². The molecule has 0 saturated heterocycles. The molecule has 76 valence electrons. The fraction of sp³-hybridized carbons (Fsp3) is 0.889. The molecule has 2 N–H and O–H groups in total. The van der Waals surface area contributed by atoms with Crippen molar-refractivity contribution in [3.05, 3.63) is 0 Å². The molecular weight excluding hydrogens is 168 g/mol. The first kappa shape index (κ1) is 12.4. The van der Waals surface area contributed by atoms with Gasteiger partial charge >= 0.3 is 0 Å². The second-order valence-corrected chi connectivity index (χ2v) is 2.78. The number of nitrogens with one attached hydrogen (secondary N) is 1. The maximum atomic E-state index is 9.28. The lowest BCUT2D eigenvalue weighted by molar-refractivity contribution is 0.0429. The lowest BCUT2D eigenvalue weighted by Crippen LogP contribution is -2.30. The zero-order chi connectivity index (χ0) is 9.94. The van der Waals surface area contributed by atoms with Crippen molar-refractivity contribution >= 4 is 0 Å². The van der Waals surface area contributed by atoms with Gasteiger partial charge in [0.05, 0.1) is 18.8 Å². The Hall–Kier alpha value is -0.630. The highest BCUT2D eigenvalue weighted by atomic mass is 16.5. The van der Waals surface area contributed by atoms with Gasteiger partial charge in [-0.1, -0.05) is 0 Å². The topological polar surface area (TPSA) is 65.3 Å². The minimum atomic E-state index is -0.443. The van der Waals surface area contributed by atoms with Crippen molar-refractivity contribution in [2.75, 3.05) is 26.3 Å². The lowest BCUT2D eigenvalue weighted by Gasteiger charge is -2.10. The Kier molecular flexibility index (Phi) is 9.00. The zero-order valence-corrected chi connectivity index (χ0v) is 8.12. The fourth-order valence-electron chi connectivity index (χ4n) is 0.874. The summed E-state index contributed by atoms with van der Waals surface area (Å²) in [6.45, 7) is 4.21. The molecule has 0 fully saturated rings. The summed E-state index contributed by atoms with van der Waals surface area (Å²) in [6, 6.07) is 2.06. The number of aliphatic hydroxyl groups excluding tert-OH is 1. The summed E-state index contributed by atoms with van der Waals surface area (Å²) in [4.78, 5) is 0. The molecule has 0 aromatic rings. The van der Waals surface area contributed by atoms with Crippen LogP contribution >= 0.6 is 0 Å². The van der Waals surface area contributed by atoms with Gasteiger partial charge in [0.15, 0.2) is 0 Å². The first-order chi connectivity index (χ1) is 6.31. The zero-order valence-electron chi connectivity index (χ0n) is 8.12. The summed E-state index contributed by atoms with van der Waals surface area (Å²) in [5.41, 5.74) is 0. The molecule has 0 aliphatic carbocycles. The molecule has 0 bridgehead atoms. The highest BCUT2D eigenvalue weighted by Gasteiger charge is 2.01.